The van der Waals surface area contributed by atoms with E-state index in [4.69, 9.17) is 4.74 Å². The SMILES string of the molecule is CN=C(NCC(C)C(=O)OC)NCC(c1cccs1)N1CCC(C)CC1.I. The molecule has 2 atom stereocenters. The molecule has 2 N–H and O–H groups in total. The number of thiophene rings is 1. The van der Waals surface area contributed by atoms with E-state index in [1.165, 1.54) is 24.8 Å². The number of carbonyl (C=O) groups excluding carboxylic acids is 1. The van der Waals surface area contributed by atoms with Gasteiger partial charge in [-0.3, -0.25) is 14.7 Å². The lowest BCUT2D eigenvalue weighted by Gasteiger charge is -2.36. The van der Waals surface area contributed by atoms with Crippen molar-refractivity contribution in [3.8, 4) is 0 Å². The van der Waals surface area contributed by atoms with E-state index in [9.17, 15) is 4.79 Å². The van der Waals surface area contributed by atoms with Crippen molar-refractivity contribution < 1.29 is 9.53 Å². The number of hydrogen-bond acceptors (Lipinski definition) is 5. The van der Waals surface area contributed by atoms with Crippen LogP contribution in [0.3, 0.4) is 0 Å². The minimum atomic E-state index is -0.216. The summed E-state index contributed by atoms with van der Waals surface area (Å²) in [5.41, 5.74) is 0. The fraction of sp³-hybridized carbons (Fsp3) is 0.684. The number of aliphatic imine (C=N–C) groups is 1. The van der Waals surface area contributed by atoms with E-state index in [2.05, 4.69) is 45.0 Å². The van der Waals surface area contributed by atoms with Gasteiger partial charge in [0.05, 0.1) is 19.1 Å². The van der Waals surface area contributed by atoms with Crippen LogP contribution in [0.15, 0.2) is 22.5 Å². The molecule has 2 rings (SSSR count). The molecule has 1 fully saturated rings. The second kappa shape index (κ2) is 12.6. The molecule has 1 aliphatic rings. The van der Waals surface area contributed by atoms with Gasteiger partial charge in [0.1, 0.15) is 0 Å². The Labute approximate surface area is 184 Å². The molecule has 0 spiro atoms. The van der Waals surface area contributed by atoms with E-state index in [1.54, 1.807) is 18.4 Å². The number of piperidine rings is 1. The van der Waals surface area contributed by atoms with E-state index in [0.717, 1.165) is 25.6 Å². The summed E-state index contributed by atoms with van der Waals surface area (Å²) in [5.74, 6) is 1.10. The molecular formula is C19H33IN4O2S. The van der Waals surface area contributed by atoms with Gasteiger partial charge in [0, 0.05) is 25.0 Å². The zero-order valence-corrected chi connectivity index (χ0v) is 19.9. The van der Waals surface area contributed by atoms with Gasteiger partial charge in [-0.25, -0.2) is 0 Å². The highest BCUT2D eigenvalue weighted by atomic mass is 127. The molecule has 1 aromatic rings. The van der Waals surface area contributed by atoms with E-state index in [0.29, 0.717) is 18.5 Å². The van der Waals surface area contributed by atoms with Gasteiger partial charge in [-0.1, -0.05) is 19.9 Å². The molecule has 0 aliphatic carbocycles. The Morgan fingerprint density at radius 2 is 2.04 bits per heavy atom. The fourth-order valence-electron chi connectivity index (χ4n) is 3.18. The van der Waals surface area contributed by atoms with Crippen LogP contribution in [0.25, 0.3) is 0 Å². The summed E-state index contributed by atoms with van der Waals surface area (Å²) in [4.78, 5) is 19.8. The highest BCUT2D eigenvalue weighted by Crippen LogP contribution is 2.28. The van der Waals surface area contributed by atoms with Crippen molar-refractivity contribution in [2.24, 2.45) is 16.8 Å². The topological polar surface area (TPSA) is 66.0 Å². The first-order valence-corrected chi connectivity index (χ1v) is 10.2. The van der Waals surface area contributed by atoms with Gasteiger partial charge in [-0.2, -0.15) is 0 Å². The van der Waals surface area contributed by atoms with Crippen molar-refractivity contribution in [1.29, 1.82) is 0 Å². The van der Waals surface area contributed by atoms with Crippen molar-refractivity contribution in [1.82, 2.24) is 15.5 Å². The van der Waals surface area contributed by atoms with E-state index in [-0.39, 0.29) is 35.9 Å². The van der Waals surface area contributed by atoms with Gasteiger partial charge >= 0.3 is 5.97 Å². The fourth-order valence-corrected chi connectivity index (χ4v) is 4.04. The normalized spacial score (nSPS) is 18.3. The smallest absolute Gasteiger partial charge is 0.310 e. The van der Waals surface area contributed by atoms with Gasteiger partial charge < -0.3 is 15.4 Å². The lowest BCUT2D eigenvalue weighted by Crippen LogP contribution is -2.46. The molecule has 0 bridgehead atoms. The lowest BCUT2D eigenvalue weighted by molar-refractivity contribution is -0.144. The molecule has 6 nitrogen and oxygen atoms in total. The van der Waals surface area contributed by atoms with Crippen LogP contribution in [0.2, 0.25) is 0 Å². The van der Waals surface area contributed by atoms with Crippen molar-refractivity contribution >= 4 is 47.2 Å². The number of carbonyl (C=O) groups is 1. The van der Waals surface area contributed by atoms with Gasteiger partial charge in [0.15, 0.2) is 5.96 Å². The summed E-state index contributed by atoms with van der Waals surface area (Å²) < 4.78 is 4.77. The van der Waals surface area contributed by atoms with E-state index >= 15 is 0 Å². The van der Waals surface area contributed by atoms with E-state index < -0.39 is 0 Å². The number of nitrogens with one attached hydrogen (secondary N) is 2. The molecule has 2 unspecified atom stereocenters. The number of hydrogen-bond donors (Lipinski definition) is 2. The number of likely N-dealkylation sites (tertiary alicyclic amines) is 1. The number of nitrogens with zero attached hydrogens (tertiary/aromatic N) is 2. The molecule has 1 aliphatic heterocycles. The van der Waals surface area contributed by atoms with E-state index in [1.807, 2.05) is 6.92 Å². The molecule has 0 radical (unpaired) electrons. The van der Waals surface area contributed by atoms with Crippen molar-refractivity contribution in [2.45, 2.75) is 32.7 Å². The van der Waals surface area contributed by atoms with Crippen LogP contribution in [0.4, 0.5) is 0 Å². The van der Waals surface area contributed by atoms with Crippen LogP contribution in [0.5, 0.6) is 0 Å². The maximum atomic E-state index is 11.5. The Kier molecular flexibility index (Phi) is 11.2. The molecule has 0 amide bonds. The van der Waals surface area contributed by atoms with Crippen LogP contribution >= 0.6 is 35.3 Å². The molecular weight excluding hydrogens is 475 g/mol. The minimum absolute atomic E-state index is 0. The maximum Gasteiger partial charge on any atom is 0.310 e. The summed E-state index contributed by atoms with van der Waals surface area (Å²) in [6.07, 6.45) is 2.51. The minimum Gasteiger partial charge on any atom is -0.469 e. The van der Waals surface area contributed by atoms with Crippen LogP contribution in [0, 0.1) is 11.8 Å². The third kappa shape index (κ3) is 7.57. The molecule has 1 saturated heterocycles. The van der Waals surface area contributed by atoms with Gasteiger partial charge in [0.25, 0.3) is 0 Å². The average molecular weight is 508 g/mol. The Hall–Kier alpha value is -0.870. The monoisotopic (exact) mass is 508 g/mol. The molecule has 8 heteroatoms. The van der Waals surface area contributed by atoms with Gasteiger partial charge in [-0.15, -0.1) is 35.3 Å². The van der Waals surface area contributed by atoms with Gasteiger partial charge in [0.2, 0.25) is 0 Å². The largest absolute Gasteiger partial charge is 0.469 e. The molecule has 27 heavy (non-hydrogen) atoms. The number of halogens is 1. The molecule has 1 aromatic heterocycles. The van der Waals surface area contributed by atoms with Gasteiger partial charge in [-0.05, 0) is 43.3 Å². The standard InChI is InChI=1S/C19H32N4O2S.HI/c1-14-7-9-23(10-8-14)16(17-6-5-11-26-17)13-22-19(20-3)21-12-15(2)18(24)25-4;/h5-6,11,14-16H,7-10,12-13H2,1-4H3,(H2,20,21,22);1H. The highest BCUT2D eigenvalue weighted by molar-refractivity contribution is 14.0. The molecule has 0 aromatic carbocycles. The number of esters is 1. The first kappa shape index (κ1) is 24.2. The van der Waals surface area contributed by atoms with Crippen molar-refractivity contribution in [3.63, 3.8) is 0 Å². The Balaban J connectivity index is 0.00000364. The zero-order valence-electron chi connectivity index (χ0n) is 16.7. The quantitative estimate of drug-likeness (QED) is 0.257. The second-order valence-electron chi connectivity index (χ2n) is 7.01. The molecule has 154 valence electrons. The molecule has 2 heterocycles. The predicted octanol–water partition coefficient (Wildman–Crippen LogP) is 3.11. The summed E-state index contributed by atoms with van der Waals surface area (Å²) in [6.45, 7) is 7.74. The van der Waals surface area contributed by atoms with Crippen LogP contribution in [-0.2, 0) is 9.53 Å². The van der Waals surface area contributed by atoms with Crippen molar-refractivity contribution in [3.05, 3.63) is 22.4 Å². The van der Waals surface area contributed by atoms with Crippen LogP contribution < -0.4 is 10.6 Å². The zero-order chi connectivity index (χ0) is 18.9. The first-order chi connectivity index (χ1) is 12.5. The first-order valence-electron chi connectivity index (χ1n) is 9.35. The summed E-state index contributed by atoms with van der Waals surface area (Å²) in [6, 6.07) is 4.67. The van der Waals surface area contributed by atoms with Crippen LogP contribution in [-0.4, -0.2) is 57.2 Å². The van der Waals surface area contributed by atoms with Crippen molar-refractivity contribution in [2.75, 3.05) is 40.3 Å². The number of methoxy groups -OCH3 is 1. The Morgan fingerprint density at radius 3 is 2.59 bits per heavy atom. The summed E-state index contributed by atoms with van der Waals surface area (Å²) >= 11 is 1.81. The third-order valence-corrected chi connectivity index (χ3v) is 5.97. The molecule has 0 saturated carbocycles. The Morgan fingerprint density at radius 1 is 1.37 bits per heavy atom. The summed E-state index contributed by atoms with van der Waals surface area (Å²) in [5, 5.41) is 8.79. The third-order valence-electron chi connectivity index (χ3n) is 5.00. The number of guanidine groups is 1. The average Bonchev–Trinajstić information content (AvgIpc) is 3.19. The Bertz CT molecular complexity index is 574. The van der Waals surface area contributed by atoms with Crippen LogP contribution in [0.1, 0.15) is 37.6 Å². The second-order valence-corrected chi connectivity index (χ2v) is 7.99. The lowest BCUT2D eigenvalue weighted by atomic mass is 9.97. The number of rotatable bonds is 7. The maximum absolute atomic E-state index is 11.5. The predicted molar refractivity (Wildman–Crippen MR) is 123 cm³/mol. The number of ether oxygens (including phenoxy) is 1. The highest BCUT2D eigenvalue weighted by Gasteiger charge is 2.25. The summed E-state index contributed by atoms with van der Waals surface area (Å²) in [7, 11) is 3.16.